The van der Waals surface area contributed by atoms with Crippen LogP contribution in [0.3, 0.4) is 0 Å². The molecule has 0 saturated heterocycles. The van der Waals surface area contributed by atoms with Gasteiger partial charge in [-0.2, -0.15) is 11.8 Å². The second-order valence-corrected chi connectivity index (χ2v) is 6.34. The number of halogens is 1. The average Bonchev–Trinajstić information content (AvgIpc) is 2.39. The molecule has 0 aliphatic heterocycles. The number of ether oxygens (including phenoxy) is 1. The Bertz CT molecular complexity index is 348. The maximum absolute atomic E-state index is 6.26. The molecule has 102 valence electrons. The summed E-state index contributed by atoms with van der Waals surface area (Å²) in [6, 6.07) is 8.55. The lowest BCUT2D eigenvalue weighted by Crippen LogP contribution is -2.26. The quantitative estimate of drug-likeness (QED) is 0.731. The van der Waals surface area contributed by atoms with Crippen molar-refractivity contribution in [3.63, 3.8) is 0 Å². The predicted octanol–water partition coefficient (Wildman–Crippen LogP) is 4.00. The van der Waals surface area contributed by atoms with Crippen molar-refractivity contribution >= 4 is 27.7 Å². The molecule has 18 heavy (non-hydrogen) atoms. The van der Waals surface area contributed by atoms with E-state index in [1.807, 2.05) is 17.8 Å². The summed E-state index contributed by atoms with van der Waals surface area (Å²) < 4.78 is 6.24. The van der Waals surface area contributed by atoms with Gasteiger partial charge in [-0.1, -0.05) is 41.1 Å². The highest BCUT2D eigenvalue weighted by atomic mass is 79.9. The molecule has 2 unspecified atom stereocenters. The zero-order valence-corrected chi connectivity index (χ0v) is 13.5. The number of hydrogen-bond acceptors (Lipinski definition) is 3. The van der Waals surface area contributed by atoms with Crippen molar-refractivity contribution in [1.29, 1.82) is 0 Å². The highest BCUT2D eigenvalue weighted by Crippen LogP contribution is 2.36. The molecule has 2 nitrogen and oxygen atoms in total. The molecule has 1 rings (SSSR count). The molecule has 0 spiro atoms. The maximum Gasteiger partial charge on any atom is 0.0470 e. The number of rotatable bonds is 8. The van der Waals surface area contributed by atoms with Gasteiger partial charge in [0.15, 0.2) is 0 Å². The molecule has 0 bridgehead atoms. The number of benzene rings is 1. The zero-order chi connectivity index (χ0) is 13.4. The molecule has 0 aliphatic carbocycles. The molecule has 0 amide bonds. The van der Waals surface area contributed by atoms with Gasteiger partial charge in [0.2, 0.25) is 0 Å². The van der Waals surface area contributed by atoms with Crippen LogP contribution in [0.15, 0.2) is 28.7 Å². The number of hydrogen-bond donors (Lipinski definition) is 1. The fourth-order valence-corrected chi connectivity index (χ4v) is 3.82. The smallest absolute Gasteiger partial charge is 0.0470 e. The van der Waals surface area contributed by atoms with Crippen LogP contribution in [-0.4, -0.2) is 25.5 Å². The van der Waals surface area contributed by atoms with E-state index < -0.39 is 0 Å². The van der Waals surface area contributed by atoms with Gasteiger partial charge in [0, 0.05) is 29.5 Å². The summed E-state index contributed by atoms with van der Waals surface area (Å²) in [7, 11) is 1.74. The summed E-state index contributed by atoms with van der Waals surface area (Å²) >= 11 is 5.55. The summed E-state index contributed by atoms with van der Waals surface area (Å²) in [6.07, 6.45) is 2.06. The molecule has 0 aliphatic rings. The highest BCUT2D eigenvalue weighted by Gasteiger charge is 2.20. The van der Waals surface area contributed by atoms with Gasteiger partial charge in [-0.3, -0.25) is 0 Å². The number of thioether (sulfide) groups is 1. The molecule has 0 fully saturated rings. The van der Waals surface area contributed by atoms with Crippen molar-refractivity contribution in [3.05, 3.63) is 34.3 Å². The Morgan fingerprint density at radius 3 is 2.72 bits per heavy atom. The summed E-state index contributed by atoms with van der Waals surface area (Å²) in [5.74, 6) is 1.08. The normalized spacial score (nSPS) is 14.4. The third kappa shape index (κ3) is 4.92. The van der Waals surface area contributed by atoms with Crippen molar-refractivity contribution in [3.8, 4) is 0 Å². The van der Waals surface area contributed by atoms with Crippen molar-refractivity contribution in [2.24, 2.45) is 5.73 Å². The van der Waals surface area contributed by atoms with Crippen molar-refractivity contribution in [2.75, 3.05) is 19.5 Å². The Balaban J connectivity index is 2.69. The maximum atomic E-state index is 6.26. The van der Waals surface area contributed by atoms with Crippen molar-refractivity contribution in [1.82, 2.24) is 0 Å². The zero-order valence-electron chi connectivity index (χ0n) is 11.1. The lowest BCUT2D eigenvalue weighted by molar-refractivity contribution is 0.200. The summed E-state index contributed by atoms with van der Waals surface area (Å²) in [5.41, 5.74) is 7.56. The molecule has 0 heterocycles. The van der Waals surface area contributed by atoms with E-state index in [9.17, 15) is 0 Å². The van der Waals surface area contributed by atoms with E-state index in [1.165, 1.54) is 5.56 Å². The van der Waals surface area contributed by atoms with E-state index in [-0.39, 0.29) is 6.04 Å². The first kappa shape index (κ1) is 16.0. The molecule has 0 aromatic heterocycles. The number of nitrogens with two attached hydrogens (primary N) is 1. The van der Waals surface area contributed by atoms with Gasteiger partial charge in [0.05, 0.1) is 0 Å². The Morgan fingerprint density at radius 2 is 2.11 bits per heavy atom. The second-order valence-electron chi connectivity index (χ2n) is 4.23. The van der Waals surface area contributed by atoms with Crippen LogP contribution in [0.2, 0.25) is 0 Å². The first-order chi connectivity index (χ1) is 8.70. The Morgan fingerprint density at radius 1 is 1.39 bits per heavy atom. The van der Waals surface area contributed by atoms with Gasteiger partial charge in [0.25, 0.3) is 0 Å². The number of methoxy groups -OCH3 is 1. The van der Waals surface area contributed by atoms with Crippen LogP contribution in [-0.2, 0) is 4.74 Å². The van der Waals surface area contributed by atoms with E-state index in [0.29, 0.717) is 5.25 Å². The molecule has 1 aromatic carbocycles. The van der Waals surface area contributed by atoms with E-state index in [0.717, 1.165) is 29.7 Å². The topological polar surface area (TPSA) is 35.2 Å². The summed E-state index contributed by atoms with van der Waals surface area (Å²) in [4.78, 5) is 0. The van der Waals surface area contributed by atoms with E-state index >= 15 is 0 Å². The standard InChI is InChI=1S/C14H22BrNOS/c1-3-13(16)14(18-10-6-9-17-2)11-7-4-5-8-12(11)15/h4-5,7-8,13-14H,3,6,9-10,16H2,1-2H3. The third-order valence-electron chi connectivity index (χ3n) is 2.86. The molecular weight excluding hydrogens is 310 g/mol. The SMILES string of the molecule is CCC(N)C(SCCCOC)c1ccccc1Br. The van der Waals surface area contributed by atoms with Gasteiger partial charge in [-0.25, -0.2) is 0 Å². The monoisotopic (exact) mass is 331 g/mol. The molecule has 0 radical (unpaired) electrons. The molecule has 4 heteroatoms. The van der Waals surface area contributed by atoms with Gasteiger partial charge < -0.3 is 10.5 Å². The largest absolute Gasteiger partial charge is 0.385 e. The van der Waals surface area contributed by atoms with Crippen LogP contribution in [0.4, 0.5) is 0 Å². The van der Waals surface area contributed by atoms with Crippen LogP contribution >= 0.6 is 27.7 Å². The van der Waals surface area contributed by atoms with E-state index in [1.54, 1.807) is 7.11 Å². The van der Waals surface area contributed by atoms with Gasteiger partial charge in [0.1, 0.15) is 0 Å². The fraction of sp³-hybridized carbons (Fsp3) is 0.571. The van der Waals surface area contributed by atoms with E-state index in [2.05, 4.69) is 41.1 Å². The lowest BCUT2D eigenvalue weighted by Gasteiger charge is -2.24. The fourth-order valence-electron chi connectivity index (χ4n) is 1.78. The Kier molecular flexibility index (Phi) is 7.98. The first-order valence-electron chi connectivity index (χ1n) is 6.31. The highest BCUT2D eigenvalue weighted by molar-refractivity contribution is 9.10. The lowest BCUT2D eigenvalue weighted by atomic mass is 10.0. The predicted molar refractivity (Wildman–Crippen MR) is 84.1 cm³/mol. The van der Waals surface area contributed by atoms with Crippen molar-refractivity contribution < 1.29 is 4.74 Å². The summed E-state index contributed by atoms with van der Waals surface area (Å²) in [5, 5.41) is 0.349. The van der Waals surface area contributed by atoms with Gasteiger partial charge >= 0.3 is 0 Å². The minimum absolute atomic E-state index is 0.191. The van der Waals surface area contributed by atoms with Crippen LogP contribution in [0.5, 0.6) is 0 Å². The first-order valence-corrected chi connectivity index (χ1v) is 8.15. The molecule has 1 aromatic rings. The van der Waals surface area contributed by atoms with Crippen LogP contribution in [0.25, 0.3) is 0 Å². The average molecular weight is 332 g/mol. The summed E-state index contributed by atoms with van der Waals surface area (Å²) in [6.45, 7) is 2.96. The van der Waals surface area contributed by atoms with Crippen LogP contribution < -0.4 is 5.73 Å². The Hall–Kier alpha value is -0.0300. The van der Waals surface area contributed by atoms with Crippen molar-refractivity contribution in [2.45, 2.75) is 31.1 Å². The van der Waals surface area contributed by atoms with Crippen LogP contribution in [0, 0.1) is 0 Å². The molecular formula is C14H22BrNOS. The molecule has 0 saturated carbocycles. The van der Waals surface area contributed by atoms with Gasteiger partial charge in [-0.15, -0.1) is 0 Å². The van der Waals surface area contributed by atoms with Gasteiger partial charge in [-0.05, 0) is 30.2 Å². The minimum atomic E-state index is 0.191. The van der Waals surface area contributed by atoms with Crippen LogP contribution in [0.1, 0.15) is 30.6 Å². The molecule has 2 atom stereocenters. The minimum Gasteiger partial charge on any atom is -0.385 e. The van der Waals surface area contributed by atoms with E-state index in [4.69, 9.17) is 10.5 Å². The third-order valence-corrected chi connectivity index (χ3v) is 5.07. The molecule has 2 N–H and O–H groups in total. The Labute approximate surface area is 123 Å². The second kappa shape index (κ2) is 8.97.